The van der Waals surface area contributed by atoms with Crippen molar-refractivity contribution in [2.75, 3.05) is 52.1 Å². The van der Waals surface area contributed by atoms with E-state index in [0.717, 1.165) is 19.6 Å². The van der Waals surface area contributed by atoms with Crippen molar-refractivity contribution in [2.45, 2.75) is 13.8 Å². The van der Waals surface area contributed by atoms with Gasteiger partial charge in [0.25, 0.3) is 0 Å². The van der Waals surface area contributed by atoms with Crippen molar-refractivity contribution in [3.8, 4) is 0 Å². The van der Waals surface area contributed by atoms with Crippen molar-refractivity contribution in [3.05, 3.63) is 42.0 Å². The SMILES string of the molecule is CC(C)CN(CC(=O)N1CCN(C/C=C/c2ccccc2)CC1)S(C)(=O)=O. The molecule has 0 radical (unpaired) electrons. The maximum absolute atomic E-state index is 12.5. The zero-order chi connectivity index (χ0) is 19.9. The predicted octanol–water partition coefficient (Wildman–Crippen LogP) is 1.76. The normalized spacial score (nSPS) is 16.6. The second kappa shape index (κ2) is 10.0. The van der Waals surface area contributed by atoms with Gasteiger partial charge in [0.2, 0.25) is 15.9 Å². The van der Waals surface area contributed by atoms with Gasteiger partial charge in [-0.05, 0) is 11.5 Å². The summed E-state index contributed by atoms with van der Waals surface area (Å²) in [6, 6.07) is 10.2. The molecule has 1 saturated heterocycles. The van der Waals surface area contributed by atoms with Gasteiger partial charge in [-0.3, -0.25) is 9.69 Å². The van der Waals surface area contributed by atoms with Crippen molar-refractivity contribution in [3.63, 3.8) is 0 Å². The van der Waals surface area contributed by atoms with Crippen molar-refractivity contribution in [1.29, 1.82) is 0 Å². The Labute approximate surface area is 163 Å². The third-order valence-electron chi connectivity index (χ3n) is 4.55. The van der Waals surface area contributed by atoms with Crippen LogP contribution in [0, 0.1) is 5.92 Å². The molecule has 7 heteroatoms. The van der Waals surface area contributed by atoms with E-state index >= 15 is 0 Å². The minimum Gasteiger partial charge on any atom is -0.339 e. The van der Waals surface area contributed by atoms with Crippen molar-refractivity contribution in [2.24, 2.45) is 5.92 Å². The van der Waals surface area contributed by atoms with Crippen molar-refractivity contribution >= 4 is 22.0 Å². The molecule has 1 aromatic rings. The molecular formula is C20H31N3O3S. The van der Waals surface area contributed by atoms with Crippen LogP contribution < -0.4 is 0 Å². The van der Waals surface area contributed by atoms with Crippen LogP contribution in [0.5, 0.6) is 0 Å². The van der Waals surface area contributed by atoms with Gasteiger partial charge >= 0.3 is 0 Å². The van der Waals surface area contributed by atoms with E-state index in [4.69, 9.17) is 0 Å². The highest BCUT2D eigenvalue weighted by molar-refractivity contribution is 7.88. The van der Waals surface area contributed by atoms with Crippen LogP contribution in [-0.4, -0.2) is 80.5 Å². The summed E-state index contributed by atoms with van der Waals surface area (Å²) in [5.74, 6) is 0.0707. The summed E-state index contributed by atoms with van der Waals surface area (Å²) in [6.07, 6.45) is 5.41. The molecular weight excluding hydrogens is 362 g/mol. The molecule has 1 aliphatic rings. The van der Waals surface area contributed by atoms with E-state index in [9.17, 15) is 13.2 Å². The van der Waals surface area contributed by atoms with Crippen LogP contribution in [0.4, 0.5) is 0 Å². The Bertz CT molecular complexity index is 724. The first kappa shape index (κ1) is 21.6. The van der Waals surface area contributed by atoms with Crippen LogP contribution in [0.15, 0.2) is 36.4 Å². The largest absolute Gasteiger partial charge is 0.339 e. The highest BCUT2D eigenvalue weighted by Gasteiger charge is 2.26. The monoisotopic (exact) mass is 393 g/mol. The smallest absolute Gasteiger partial charge is 0.237 e. The summed E-state index contributed by atoms with van der Waals surface area (Å²) < 4.78 is 25.1. The number of carbonyl (C=O) groups excluding carboxylic acids is 1. The molecule has 27 heavy (non-hydrogen) atoms. The first-order valence-corrected chi connectivity index (χ1v) is 11.3. The lowest BCUT2D eigenvalue weighted by Gasteiger charge is -2.35. The molecule has 0 spiro atoms. The molecule has 1 aliphatic heterocycles. The van der Waals surface area contributed by atoms with Gasteiger partial charge in [0.15, 0.2) is 0 Å². The van der Waals surface area contributed by atoms with Crippen LogP contribution >= 0.6 is 0 Å². The molecule has 0 bridgehead atoms. The highest BCUT2D eigenvalue weighted by atomic mass is 32.2. The van der Waals surface area contributed by atoms with Gasteiger partial charge in [-0.25, -0.2) is 8.42 Å². The number of amides is 1. The van der Waals surface area contributed by atoms with Crippen molar-refractivity contribution < 1.29 is 13.2 Å². The topological polar surface area (TPSA) is 60.9 Å². The Kier molecular flexibility index (Phi) is 8.01. The molecule has 1 fully saturated rings. The number of benzene rings is 1. The van der Waals surface area contributed by atoms with Gasteiger partial charge in [0.05, 0.1) is 12.8 Å². The number of hydrogen-bond acceptors (Lipinski definition) is 4. The number of nitrogens with zero attached hydrogens (tertiary/aromatic N) is 3. The van der Waals surface area contributed by atoms with Crippen molar-refractivity contribution in [1.82, 2.24) is 14.1 Å². The Morgan fingerprint density at radius 2 is 1.78 bits per heavy atom. The predicted molar refractivity (Wildman–Crippen MR) is 110 cm³/mol. The summed E-state index contributed by atoms with van der Waals surface area (Å²) >= 11 is 0. The lowest BCUT2D eigenvalue weighted by Crippen LogP contribution is -2.52. The number of piperazine rings is 1. The van der Waals surface area contributed by atoms with Gasteiger partial charge in [0.1, 0.15) is 0 Å². The molecule has 1 amide bonds. The molecule has 6 nitrogen and oxygen atoms in total. The summed E-state index contributed by atoms with van der Waals surface area (Å²) in [7, 11) is -3.38. The third kappa shape index (κ3) is 7.44. The van der Waals surface area contributed by atoms with E-state index < -0.39 is 10.0 Å². The zero-order valence-corrected chi connectivity index (χ0v) is 17.4. The van der Waals surface area contributed by atoms with Gasteiger partial charge < -0.3 is 4.90 Å². The zero-order valence-electron chi connectivity index (χ0n) is 16.5. The highest BCUT2D eigenvalue weighted by Crippen LogP contribution is 2.08. The molecule has 0 aliphatic carbocycles. The maximum Gasteiger partial charge on any atom is 0.237 e. The number of hydrogen-bond donors (Lipinski definition) is 0. The van der Waals surface area contributed by atoms with Crippen LogP contribution in [0.3, 0.4) is 0 Å². The molecule has 0 aromatic heterocycles. The average Bonchev–Trinajstić information content (AvgIpc) is 2.61. The van der Waals surface area contributed by atoms with E-state index in [0.29, 0.717) is 19.6 Å². The van der Waals surface area contributed by atoms with E-state index in [1.807, 2.05) is 32.0 Å². The molecule has 1 heterocycles. The van der Waals surface area contributed by atoms with E-state index in [1.54, 1.807) is 4.90 Å². The first-order valence-electron chi connectivity index (χ1n) is 9.42. The fraction of sp³-hybridized carbons (Fsp3) is 0.550. The maximum atomic E-state index is 12.5. The minimum atomic E-state index is -3.38. The molecule has 0 N–H and O–H groups in total. The number of rotatable bonds is 8. The third-order valence-corrected chi connectivity index (χ3v) is 5.76. The Morgan fingerprint density at radius 3 is 2.33 bits per heavy atom. The average molecular weight is 394 g/mol. The van der Waals surface area contributed by atoms with E-state index in [1.165, 1.54) is 16.1 Å². The lowest BCUT2D eigenvalue weighted by molar-refractivity contribution is -0.133. The quantitative estimate of drug-likeness (QED) is 0.675. The summed E-state index contributed by atoms with van der Waals surface area (Å²) in [6.45, 7) is 7.92. The minimum absolute atomic E-state index is 0.0646. The van der Waals surface area contributed by atoms with Gasteiger partial charge in [-0.1, -0.05) is 56.3 Å². The second-order valence-electron chi connectivity index (χ2n) is 7.44. The summed E-state index contributed by atoms with van der Waals surface area (Å²) in [5, 5.41) is 0. The van der Waals surface area contributed by atoms with Crippen LogP contribution in [0.25, 0.3) is 6.08 Å². The Hall–Kier alpha value is -1.70. The Morgan fingerprint density at radius 1 is 1.15 bits per heavy atom. The second-order valence-corrected chi connectivity index (χ2v) is 9.43. The standard InChI is InChI=1S/C20H31N3O3S/c1-18(2)16-23(27(3,25)26)17-20(24)22-14-12-21(13-15-22)11-7-10-19-8-5-4-6-9-19/h4-10,18H,11-17H2,1-3H3/b10-7+. The molecule has 0 atom stereocenters. The fourth-order valence-electron chi connectivity index (χ4n) is 3.06. The van der Waals surface area contributed by atoms with Gasteiger partial charge in [-0.2, -0.15) is 4.31 Å². The molecule has 0 unspecified atom stereocenters. The summed E-state index contributed by atoms with van der Waals surface area (Å²) in [5.41, 5.74) is 1.18. The first-order chi connectivity index (χ1) is 12.8. The van der Waals surface area contributed by atoms with Crippen LogP contribution in [0.1, 0.15) is 19.4 Å². The van der Waals surface area contributed by atoms with Crippen LogP contribution in [0.2, 0.25) is 0 Å². The van der Waals surface area contributed by atoms with Crippen LogP contribution in [-0.2, 0) is 14.8 Å². The van der Waals surface area contributed by atoms with E-state index in [-0.39, 0.29) is 18.4 Å². The lowest BCUT2D eigenvalue weighted by atomic mass is 10.2. The fourth-order valence-corrected chi connectivity index (χ4v) is 3.97. The Balaban J connectivity index is 1.80. The van der Waals surface area contributed by atoms with Gasteiger partial charge in [0, 0.05) is 39.3 Å². The van der Waals surface area contributed by atoms with Gasteiger partial charge in [-0.15, -0.1) is 0 Å². The molecule has 2 rings (SSSR count). The summed E-state index contributed by atoms with van der Waals surface area (Å²) in [4.78, 5) is 16.6. The van der Waals surface area contributed by atoms with E-state index in [2.05, 4.69) is 29.2 Å². The number of sulfonamides is 1. The molecule has 1 aromatic carbocycles. The molecule has 0 saturated carbocycles. The molecule has 150 valence electrons. The number of carbonyl (C=O) groups is 1.